The summed E-state index contributed by atoms with van der Waals surface area (Å²) in [6.07, 6.45) is 6.40. The van der Waals surface area contributed by atoms with Gasteiger partial charge in [0.25, 0.3) is 12.3 Å². The van der Waals surface area contributed by atoms with E-state index in [0.29, 0.717) is 27.9 Å². The summed E-state index contributed by atoms with van der Waals surface area (Å²) in [5, 5.41) is 3.09. The monoisotopic (exact) mass is 557 g/mol. The third-order valence-corrected chi connectivity index (χ3v) is 9.93. The third kappa shape index (κ3) is 6.52. The summed E-state index contributed by atoms with van der Waals surface area (Å²) in [6, 6.07) is 3.25. The lowest BCUT2D eigenvalue weighted by Gasteiger charge is -2.25. The Kier molecular flexibility index (Phi) is 8.85. The number of aromatic nitrogens is 1. The van der Waals surface area contributed by atoms with Crippen molar-refractivity contribution in [1.82, 2.24) is 15.0 Å². The molecule has 2 aromatic rings. The zero-order chi connectivity index (χ0) is 26.0. The third-order valence-electron chi connectivity index (χ3n) is 6.74. The van der Waals surface area contributed by atoms with Crippen molar-refractivity contribution in [3.8, 4) is 10.4 Å². The van der Waals surface area contributed by atoms with Gasteiger partial charge in [-0.05, 0) is 58.4 Å². The van der Waals surface area contributed by atoms with Gasteiger partial charge < -0.3 is 5.32 Å². The van der Waals surface area contributed by atoms with E-state index in [9.17, 15) is 17.8 Å². The molecule has 0 saturated heterocycles. The second-order valence-corrected chi connectivity index (χ2v) is 13.4. The first-order valence-corrected chi connectivity index (χ1v) is 15.0. The molecule has 1 unspecified atom stereocenters. The SMILES string of the molecule is CC(C)(C)NS(=O)c1ccc(-c2sc(C(=O)NC3CCC3)nc2CC2CCCCC2)c(C(F)F)c1Cl. The number of carbonyl (C=O) groups is 1. The maximum Gasteiger partial charge on any atom is 0.280 e. The Hall–Kier alpha value is -1.42. The molecule has 0 aliphatic heterocycles. The Morgan fingerprint density at radius 2 is 1.86 bits per heavy atom. The van der Waals surface area contributed by atoms with Crippen LogP contribution in [0.2, 0.25) is 5.02 Å². The topological polar surface area (TPSA) is 71.1 Å². The summed E-state index contributed by atoms with van der Waals surface area (Å²) >= 11 is 7.63. The number of thiazole rings is 1. The number of benzene rings is 1. The minimum atomic E-state index is -2.88. The molecule has 10 heteroatoms. The molecule has 1 amide bonds. The Morgan fingerprint density at radius 3 is 2.44 bits per heavy atom. The molecular weight excluding hydrogens is 524 g/mol. The fourth-order valence-corrected chi connectivity index (χ4v) is 7.35. The molecule has 0 radical (unpaired) electrons. The highest BCUT2D eigenvalue weighted by atomic mass is 35.5. The lowest BCUT2D eigenvalue weighted by Crippen LogP contribution is -2.39. The number of alkyl halides is 2. The van der Waals surface area contributed by atoms with Crippen molar-refractivity contribution in [1.29, 1.82) is 0 Å². The van der Waals surface area contributed by atoms with Crippen LogP contribution in [0.25, 0.3) is 10.4 Å². The number of nitrogens with zero attached hydrogens (tertiary/aromatic N) is 1. The predicted molar refractivity (Wildman–Crippen MR) is 142 cm³/mol. The Bertz CT molecular complexity index is 1120. The van der Waals surface area contributed by atoms with Crippen LogP contribution in [0, 0.1) is 5.92 Å². The van der Waals surface area contributed by atoms with Crippen LogP contribution in [0.5, 0.6) is 0 Å². The highest BCUT2D eigenvalue weighted by Crippen LogP contribution is 2.43. The first-order valence-electron chi connectivity index (χ1n) is 12.6. The second kappa shape index (κ2) is 11.5. The maximum atomic E-state index is 14.4. The molecule has 1 atom stereocenters. The molecule has 198 valence electrons. The smallest absolute Gasteiger partial charge is 0.280 e. The van der Waals surface area contributed by atoms with Crippen LogP contribution in [0.4, 0.5) is 8.78 Å². The average Bonchev–Trinajstić information content (AvgIpc) is 3.18. The zero-order valence-electron chi connectivity index (χ0n) is 21.0. The number of halogens is 3. The molecule has 2 fully saturated rings. The van der Waals surface area contributed by atoms with Gasteiger partial charge in [-0.15, -0.1) is 11.3 Å². The van der Waals surface area contributed by atoms with E-state index in [4.69, 9.17) is 11.6 Å². The number of rotatable bonds is 8. The van der Waals surface area contributed by atoms with Gasteiger partial charge in [-0.25, -0.2) is 22.7 Å². The van der Waals surface area contributed by atoms with E-state index < -0.39 is 22.9 Å². The molecule has 36 heavy (non-hydrogen) atoms. The Morgan fingerprint density at radius 1 is 1.17 bits per heavy atom. The van der Waals surface area contributed by atoms with Crippen molar-refractivity contribution in [2.45, 2.75) is 101 Å². The summed E-state index contributed by atoms with van der Waals surface area (Å²) in [5.41, 5.74) is 0.0753. The van der Waals surface area contributed by atoms with E-state index in [0.717, 1.165) is 56.3 Å². The van der Waals surface area contributed by atoms with Gasteiger partial charge >= 0.3 is 0 Å². The van der Waals surface area contributed by atoms with Crippen LogP contribution in [0.1, 0.15) is 99.6 Å². The first-order chi connectivity index (χ1) is 17.0. The van der Waals surface area contributed by atoms with Crippen LogP contribution in [-0.2, 0) is 17.4 Å². The molecule has 4 rings (SSSR count). The summed E-state index contributed by atoms with van der Waals surface area (Å²) < 4.78 is 44.6. The van der Waals surface area contributed by atoms with E-state index in [1.807, 2.05) is 20.8 Å². The second-order valence-electron chi connectivity index (χ2n) is 10.9. The fourth-order valence-electron chi connectivity index (χ4n) is 4.72. The summed E-state index contributed by atoms with van der Waals surface area (Å²) in [6.45, 7) is 5.52. The maximum absolute atomic E-state index is 14.4. The van der Waals surface area contributed by atoms with Crippen LogP contribution in [-0.4, -0.2) is 26.7 Å². The minimum Gasteiger partial charge on any atom is -0.347 e. The van der Waals surface area contributed by atoms with E-state index in [1.54, 1.807) is 6.07 Å². The molecule has 2 aliphatic rings. The standard InChI is InChI=1S/C26H34ClF2N3O2S2/c1-26(2,3)32-36(34)19-13-12-17(20(21(19)27)23(28)29)22-18(14-15-8-5-4-6-9-15)31-25(35-22)24(33)30-16-10-7-11-16/h12-13,15-16,23,32H,4-11,14H2,1-3H3,(H,30,33). The molecule has 2 N–H and O–H groups in total. The van der Waals surface area contributed by atoms with Gasteiger partial charge in [0.05, 0.1) is 20.5 Å². The number of amides is 1. The van der Waals surface area contributed by atoms with Crippen molar-refractivity contribution in [3.63, 3.8) is 0 Å². The molecule has 0 spiro atoms. The first kappa shape index (κ1) is 27.6. The minimum absolute atomic E-state index is 0.118. The molecule has 1 aromatic heterocycles. The van der Waals surface area contributed by atoms with Crippen molar-refractivity contribution in [2.24, 2.45) is 5.92 Å². The van der Waals surface area contributed by atoms with E-state index >= 15 is 0 Å². The predicted octanol–water partition coefficient (Wildman–Crippen LogP) is 7.22. The highest BCUT2D eigenvalue weighted by Gasteiger charge is 2.30. The molecule has 5 nitrogen and oxygen atoms in total. The van der Waals surface area contributed by atoms with Crippen LogP contribution in [0.15, 0.2) is 17.0 Å². The van der Waals surface area contributed by atoms with Gasteiger partial charge in [-0.3, -0.25) is 4.79 Å². The van der Waals surface area contributed by atoms with Crippen molar-refractivity contribution >= 4 is 39.8 Å². The number of carbonyl (C=O) groups excluding carboxylic acids is 1. The van der Waals surface area contributed by atoms with Crippen molar-refractivity contribution < 1.29 is 17.8 Å². The number of hydrogen-bond acceptors (Lipinski definition) is 4. The number of hydrogen-bond donors (Lipinski definition) is 2. The van der Waals surface area contributed by atoms with Gasteiger partial charge in [-0.2, -0.15) is 0 Å². The van der Waals surface area contributed by atoms with Gasteiger partial charge in [0.15, 0.2) is 5.01 Å². The lowest BCUT2D eigenvalue weighted by atomic mass is 9.85. The normalized spacial score (nSPS) is 18.3. The summed E-state index contributed by atoms with van der Waals surface area (Å²) in [5.74, 6) is 0.160. The Labute approximate surface area is 223 Å². The summed E-state index contributed by atoms with van der Waals surface area (Å²) in [7, 11) is -1.76. The summed E-state index contributed by atoms with van der Waals surface area (Å²) in [4.78, 5) is 18.3. The largest absolute Gasteiger partial charge is 0.347 e. The quantitative estimate of drug-likeness (QED) is 0.360. The van der Waals surface area contributed by atoms with Crippen LogP contribution in [0.3, 0.4) is 0 Å². The van der Waals surface area contributed by atoms with E-state index in [-0.39, 0.29) is 33.0 Å². The van der Waals surface area contributed by atoms with E-state index in [2.05, 4.69) is 15.0 Å². The lowest BCUT2D eigenvalue weighted by molar-refractivity contribution is 0.0916. The van der Waals surface area contributed by atoms with Gasteiger partial charge in [0.1, 0.15) is 11.0 Å². The number of nitrogens with one attached hydrogen (secondary N) is 2. The van der Waals surface area contributed by atoms with Crippen molar-refractivity contribution in [3.05, 3.63) is 33.4 Å². The van der Waals surface area contributed by atoms with Gasteiger partial charge in [-0.1, -0.05) is 49.8 Å². The average molecular weight is 558 g/mol. The Balaban J connectivity index is 1.74. The molecular formula is C26H34ClF2N3O2S2. The molecule has 0 bridgehead atoms. The van der Waals surface area contributed by atoms with Crippen LogP contribution < -0.4 is 10.0 Å². The highest BCUT2D eigenvalue weighted by molar-refractivity contribution is 7.83. The van der Waals surface area contributed by atoms with Gasteiger partial charge in [0.2, 0.25) is 0 Å². The molecule has 1 aromatic carbocycles. The molecule has 2 saturated carbocycles. The van der Waals surface area contributed by atoms with Crippen molar-refractivity contribution in [2.75, 3.05) is 0 Å². The zero-order valence-corrected chi connectivity index (χ0v) is 23.4. The van der Waals surface area contributed by atoms with Crippen LogP contribution >= 0.6 is 22.9 Å². The molecule has 1 heterocycles. The molecule has 2 aliphatic carbocycles. The fraction of sp³-hybridized carbons (Fsp3) is 0.615. The van der Waals surface area contributed by atoms with E-state index in [1.165, 1.54) is 12.5 Å². The van der Waals surface area contributed by atoms with Gasteiger partial charge in [0, 0.05) is 22.7 Å².